The standard InChI is InChI=1S/C24H27N5O2S/c1-15-11-19-16(2)13-24(4,5)28(22(19)20(12-15)17(3)30)21(31)14-32-23-25-26-27-29(23)18-9-7-6-8-10-18/h6-12,16H,13-14H2,1-5H3/t16-/m0/s1. The number of ketones is 1. The number of carbonyl (C=O) groups is 2. The smallest absolute Gasteiger partial charge is 0.237 e. The Morgan fingerprint density at radius 3 is 2.59 bits per heavy atom. The first kappa shape index (κ1) is 22.2. The summed E-state index contributed by atoms with van der Waals surface area (Å²) in [6.07, 6.45) is 0.818. The summed E-state index contributed by atoms with van der Waals surface area (Å²) in [6, 6.07) is 13.6. The van der Waals surface area contributed by atoms with Gasteiger partial charge < -0.3 is 4.90 Å². The van der Waals surface area contributed by atoms with Crippen molar-refractivity contribution >= 4 is 29.1 Å². The average molecular weight is 450 g/mol. The predicted octanol–water partition coefficient (Wildman–Crippen LogP) is 4.58. The van der Waals surface area contributed by atoms with Crippen molar-refractivity contribution in [3.05, 3.63) is 59.2 Å². The van der Waals surface area contributed by atoms with Crippen LogP contribution in [0.4, 0.5) is 5.69 Å². The fourth-order valence-electron chi connectivity index (χ4n) is 4.61. The first-order valence-corrected chi connectivity index (χ1v) is 11.6. The van der Waals surface area contributed by atoms with Crippen molar-refractivity contribution in [1.29, 1.82) is 0 Å². The lowest BCUT2D eigenvalue weighted by molar-refractivity contribution is -0.117. The van der Waals surface area contributed by atoms with Crippen LogP contribution < -0.4 is 4.90 Å². The molecule has 0 saturated heterocycles. The van der Waals surface area contributed by atoms with Crippen molar-refractivity contribution < 1.29 is 9.59 Å². The molecule has 32 heavy (non-hydrogen) atoms. The maximum absolute atomic E-state index is 13.6. The van der Waals surface area contributed by atoms with E-state index in [9.17, 15) is 9.59 Å². The normalized spacial score (nSPS) is 17.2. The number of thioether (sulfide) groups is 1. The van der Waals surface area contributed by atoms with E-state index in [4.69, 9.17) is 0 Å². The molecule has 4 rings (SSSR count). The third kappa shape index (κ3) is 4.07. The highest BCUT2D eigenvalue weighted by Gasteiger charge is 2.41. The number of tetrazole rings is 1. The van der Waals surface area contributed by atoms with Crippen molar-refractivity contribution in [2.45, 2.75) is 57.7 Å². The number of rotatable bonds is 5. The Morgan fingerprint density at radius 2 is 1.91 bits per heavy atom. The molecular formula is C24H27N5O2S. The molecule has 1 aliphatic rings. The van der Waals surface area contributed by atoms with Crippen molar-refractivity contribution in [1.82, 2.24) is 20.2 Å². The third-order valence-corrected chi connectivity index (χ3v) is 6.75. The second-order valence-corrected chi connectivity index (χ2v) is 9.89. The topological polar surface area (TPSA) is 81.0 Å². The van der Waals surface area contributed by atoms with Gasteiger partial charge >= 0.3 is 0 Å². The van der Waals surface area contributed by atoms with E-state index in [1.165, 1.54) is 11.8 Å². The van der Waals surface area contributed by atoms with Crippen molar-refractivity contribution in [2.75, 3.05) is 10.7 Å². The number of anilines is 1. The lowest BCUT2D eigenvalue weighted by Gasteiger charge is -2.47. The molecule has 0 aliphatic carbocycles. The SMILES string of the molecule is CC(=O)c1cc(C)cc2c1N(C(=O)CSc1nnnn1-c1ccccc1)C(C)(C)C[C@@H]2C. The lowest BCUT2D eigenvalue weighted by Crippen LogP contribution is -2.53. The van der Waals surface area contributed by atoms with E-state index in [2.05, 4.69) is 42.4 Å². The van der Waals surface area contributed by atoms with Crippen LogP contribution in [0.5, 0.6) is 0 Å². The zero-order chi connectivity index (χ0) is 23.0. The monoisotopic (exact) mass is 449 g/mol. The second kappa shape index (κ2) is 8.50. The van der Waals surface area contributed by atoms with Crippen LogP contribution in [0.3, 0.4) is 0 Å². The van der Waals surface area contributed by atoms with Gasteiger partial charge in [-0.05, 0) is 79.8 Å². The minimum absolute atomic E-state index is 0.0340. The molecule has 0 N–H and O–H groups in total. The highest BCUT2D eigenvalue weighted by molar-refractivity contribution is 7.99. The molecule has 3 aromatic rings. The van der Waals surface area contributed by atoms with Gasteiger partial charge in [-0.15, -0.1) is 5.10 Å². The Hall–Kier alpha value is -3.00. The van der Waals surface area contributed by atoms with Crippen molar-refractivity contribution in [3.8, 4) is 5.69 Å². The van der Waals surface area contributed by atoms with Crippen LogP contribution in [0.1, 0.15) is 61.5 Å². The predicted molar refractivity (Wildman–Crippen MR) is 126 cm³/mol. The van der Waals surface area contributed by atoms with Crippen LogP contribution in [0.25, 0.3) is 5.69 Å². The molecule has 0 radical (unpaired) electrons. The molecule has 8 heteroatoms. The second-order valence-electron chi connectivity index (χ2n) is 8.95. The molecule has 0 spiro atoms. The number of hydrogen-bond donors (Lipinski definition) is 0. The highest BCUT2D eigenvalue weighted by Crippen LogP contribution is 2.46. The number of aromatic nitrogens is 4. The quantitative estimate of drug-likeness (QED) is 0.419. The molecule has 2 aromatic carbocycles. The van der Waals surface area contributed by atoms with Crippen LogP contribution in [0.15, 0.2) is 47.6 Å². The summed E-state index contributed by atoms with van der Waals surface area (Å²) in [5.41, 5.74) is 3.85. The molecule has 1 amide bonds. The zero-order valence-electron chi connectivity index (χ0n) is 19.0. The van der Waals surface area contributed by atoms with Gasteiger partial charge in [0.15, 0.2) is 5.78 Å². The van der Waals surface area contributed by atoms with Crippen LogP contribution in [-0.2, 0) is 4.79 Å². The Labute approximate surface area is 192 Å². The molecule has 1 atom stereocenters. The summed E-state index contributed by atoms with van der Waals surface area (Å²) in [6.45, 7) is 9.84. The molecule has 166 valence electrons. The van der Waals surface area contributed by atoms with Crippen LogP contribution in [-0.4, -0.2) is 43.2 Å². The van der Waals surface area contributed by atoms with E-state index in [1.54, 1.807) is 11.6 Å². The summed E-state index contributed by atoms with van der Waals surface area (Å²) >= 11 is 1.29. The van der Waals surface area contributed by atoms with Gasteiger partial charge in [0.2, 0.25) is 11.1 Å². The average Bonchev–Trinajstić information content (AvgIpc) is 3.21. The number of amides is 1. The molecule has 1 aliphatic heterocycles. The van der Waals surface area contributed by atoms with Gasteiger partial charge in [0, 0.05) is 11.1 Å². The third-order valence-electron chi connectivity index (χ3n) is 5.84. The molecule has 2 heterocycles. The van der Waals surface area contributed by atoms with Gasteiger partial charge in [-0.25, -0.2) is 0 Å². The van der Waals surface area contributed by atoms with Gasteiger partial charge in [0.05, 0.1) is 17.1 Å². The number of fused-ring (bicyclic) bond motifs is 1. The maximum atomic E-state index is 13.6. The number of carbonyl (C=O) groups excluding carboxylic acids is 2. The first-order valence-electron chi connectivity index (χ1n) is 10.6. The van der Waals surface area contributed by atoms with E-state index < -0.39 is 5.54 Å². The molecule has 0 fully saturated rings. The Morgan fingerprint density at radius 1 is 1.19 bits per heavy atom. The van der Waals surface area contributed by atoms with Crippen LogP contribution in [0.2, 0.25) is 0 Å². The van der Waals surface area contributed by atoms with Crippen molar-refractivity contribution in [2.24, 2.45) is 0 Å². The van der Waals surface area contributed by atoms with E-state index in [1.807, 2.05) is 48.2 Å². The minimum atomic E-state index is -0.422. The van der Waals surface area contributed by atoms with Crippen LogP contribution in [0, 0.1) is 6.92 Å². The van der Waals surface area contributed by atoms with E-state index in [-0.39, 0.29) is 23.4 Å². The molecule has 0 unspecified atom stereocenters. The molecule has 0 saturated carbocycles. The Bertz CT molecular complexity index is 1170. The van der Waals surface area contributed by atoms with Gasteiger partial charge in [-0.1, -0.05) is 43.0 Å². The molecule has 1 aromatic heterocycles. The van der Waals surface area contributed by atoms with Gasteiger partial charge in [-0.2, -0.15) is 4.68 Å². The maximum Gasteiger partial charge on any atom is 0.237 e. The number of hydrogen-bond acceptors (Lipinski definition) is 6. The summed E-state index contributed by atoms with van der Waals surface area (Å²) in [4.78, 5) is 28.0. The molecular weight excluding hydrogens is 422 g/mol. The molecule has 0 bridgehead atoms. The van der Waals surface area contributed by atoms with E-state index in [0.29, 0.717) is 10.7 Å². The summed E-state index contributed by atoms with van der Waals surface area (Å²) in [5.74, 6) is 0.311. The van der Waals surface area contributed by atoms with Gasteiger partial charge in [0.1, 0.15) is 0 Å². The van der Waals surface area contributed by atoms with E-state index in [0.717, 1.165) is 28.9 Å². The van der Waals surface area contributed by atoms with Crippen LogP contribution >= 0.6 is 11.8 Å². The number of benzene rings is 2. The summed E-state index contributed by atoms with van der Waals surface area (Å²) < 4.78 is 1.62. The van der Waals surface area contributed by atoms with Gasteiger partial charge in [-0.3, -0.25) is 9.59 Å². The Kier molecular flexibility index (Phi) is 5.90. The number of aryl methyl sites for hydroxylation is 1. The summed E-state index contributed by atoms with van der Waals surface area (Å²) in [7, 11) is 0. The van der Waals surface area contributed by atoms with E-state index >= 15 is 0 Å². The first-order chi connectivity index (χ1) is 15.2. The Balaban J connectivity index is 1.67. The minimum Gasteiger partial charge on any atom is -0.305 e. The lowest BCUT2D eigenvalue weighted by atomic mass is 9.78. The number of nitrogens with zero attached hydrogens (tertiary/aromatic N) is 5. The number of para-hydroxylation sites is 1. The fourth-order valence-corrected chi connectivity index (χ4v) is 5.35. The fraction of sp³-hybridized carbons (Fsp3) is 0.375. The summed E-state index contributed by atoms with van der Waals surface area (Å²) in [5, 5.41) is 12.5. The van der Waals surface area contributed by atoms with Crippen molar-refractivity contribution in [3.63, 3.8) is 0 Å². The van der Waals surface area contributed by atoms with Gasteiger partial charge in [0.25, 0.3) is 0 Å². The zero-order valence-corrected chi connectivity index (χ0v) is 19.8. The molecule has 7 nitrogen and oxygen atoms in total. The highest BCUT2D eigenvalue weighted by atomic mass is 32.2. The number of Topliss-reactive ketones (excluding diaryl/α,β-unsaturated/α-hetero) is 1. The largest absolute Gasteiger partial charge is 0.305 e.